The molecule has 1 heteroatoms. The van der Waals surface area contributed by atoms with Gasteiger partial charge in [-0.05, 0) is 54.6 Å². The van der Waals surface area contributed by atoms with Crippen LogP contribution in [0.2, 0.25) is 0 Å². The van der Waals surface area contributed by atoms with Gasteiger partial charge in [-0.15, -0.1) is 0 Å². The molecule has 2 N–H and O–H groups in total. The lowest BCUT2D eigenvalue weighted by Gasteiger charge is -2.11. The molecule has 1 unspecified atom stereocenters. The number of nitrogens with two attached hydrogens (primary N) is 1. The zero-order valence-electron chi connectivity index (χ0n) is 11.7. The summed E-state index contributed by atoms with van der Waals surface area (Å²) in [5, 5.41) is 2.38. The second-order valence-electron chi connectivity index (χ2n) is 4.92. The lowest BCUT2D eigenvalue weighted by atomic mass is 9.95. The Morgan fingerprint density at radius 3 is 2.83 bits per heavy atom. The Bertz CT molecular complexity index is 485. The van der Waals surface area contributed by atoms with Gasteiger partial charge in [0.25, 0.3) is 0 Å². The van der Waals surface area contributed by atoms with Gasteiger partial charge in [0.2, 0.25) is 0 Å². The van der Waals surface area contributed by atoms with E-state index in [0.29, 0.717) is 5.92 Å². The SMILES string of the molecule is C=c1c(CC(C)CCCN)ccc/c1=C/C=C\C. The van der Waals surface area contributed by atoms with Crippen molar-refractivity contribution in [1.29, 1.82) is 0 Å². The van der Waals surface area contributed by atoms with Gasteiger partial charge in [-0.3, -0.25) is 0 Å². The van der Waals surface area contributed by atoms with Crippen LogP contribution in [0.15, 0.2) is 30.4 Å². The first-order valence-corrected chi connectivity index (χ1v) is 6.79. The van der Waals surface area contributed by atoms with Gasteiger partial charge < -0.3 is 5.73 Å². The first-order chi connectivity index (χ1) is 8.69. The Balaban J connectivity index is 2.88. The molecule has 0 amide bonds. The summed E-state index contributed by atoms with van der Waals surface area (Å²) in [4.78, 5) is 0. The lowest BCUT2D eigenvalue weighted by molar-refractivity contribution is 0.511. The van der Waals surface area contributed by atoms with Crippen molar-refractivity contribution in [3.05, 3.63) is 46.4 Å². The number of hydrogen-bond donors (Lipinski definition) is 1. The molecule has 0 aliphatic heterocycles. The second-order valence-corrected chi connectivity index (χ2v) is 4.92. The van der Waals surface area contributed by atoms with Crippen LogP contribution < -0.4 is 16.2 Å². The Labute approximate surface area is 111 Å². The Morgan fingerprint density at radius 1 is 1.39 bits per heavy atom. The monoisotopic (exact) mass is 243 g/mol. The number of allylic oxidation sites excluding steroid dienone is 2. The predicted molar refractivity (Wildman–Crippen MR) is 81.6 cm³/mol. The van der Waals surface area contributed by atoms with E-state index in [4.69, 9.17) is 5.73 Å². The van der Waals surface area contributed by atoms with E-state index in [-0.39, 0.29) is 0 Å². The molecule has 98 valence electrons. The molecule has 0 fully saturated rings. The molecule has 0 saturated heterocycles. The molecule has 0 saturated carbocycles. The highest BCUT2D eigenvalue weighted by Gasteiger charge is 2.04. The van der Waals surface area contributed by atoms with Crippen LogP contribution >= 0.6 is 0 Å². The van der Waals surface area contributed by atoms with E-state index in [1.54, 1.807) is 0 Å². The van der Waals surface area contributed by atoms with E-state index >= 15 is 0 Å². The van der Waals surface area contributed by atoms with E-state index in [1.807, 2.05) is 13.0 Å². The number of rotatable bonds is 6. The van der Waals surface area contributed by atoms with Crippen LogP contribution in [0.4, 0.5) is 0 Å². The molecule has 1 aromatic carbocycles. The van der Waals surface area contributed by atoms with E-state index in [0.717, 1.165) is 24.6 Å². The fourth-order valence-electron chi connectivity index (χ4n) is 2.15. The summed E-state index contributed by atoms with van der Waals surface area (Å²) in [5.74, 6) is 0.672. The third-order valence-corrected chi connectivity index (χ3v) is 3.25. The smallest absolute Gasteiger partial charge is 0.00772 e. The van der Waals surface area contributed by atoms with Crippen LogP contribution in [0.5, 0.6) is 0 Å². The maximum atomic E-state index is 5.55. The maximum absolute atomic E-state index is 5.55. The molecule has 0 bridgehead atoms. The summed E-state index contributed by atoms with van der Waals surface area (Å²) in [5.41, 5.74) is 6.91. The van der Waals surface area contributed by atoms with Crippen molar-refractivity contribution in [1.82, 2.24) is 0 Å². The summed E-state index contributed by atoms with van der Waals surface area (Å²) in [6.45, 7) is 9.32. The summed E-state index contributed by atoms with van der Waals surface area (Å²) in [6, 6.07) is 6.43. The van der Waals surface area contributed by atoms with Gasteiger partial charge in [0.15, 0.2) is 0 Å². The van der Waals surface area contributed by atoms with Crippen LogP contribution in [-0.4, -0.2) is 6.54 Å². The van der Waals surface area contributed by atoms with Gasteiger partial charge in [-0.25, -0.2) is 0 Å². The van der Waals surface area contributed by atoms with Crippen molar-refractivity contribution in [3.63, 3.8) is 0 Å². The normalized spacial score (nSPS) is 14.3. The van der Waals surface area contributed by atoms with E-state index in [9.17, 15) is 0 Å². The molecule has 0 spiro atoms. The average molecular weight is 243 g/mol. The van der Waals surface area contributed by atoms with E-state index < -0.39 is 0 Å². The summed E-state index contributed by atoms with van der Waals surface area (Å²) in [7, 11) is 0. The molecule has 0 heterocycles. The van der Waals surface area contributed by atoms with Gasteiger partial charge in [-0.2, -0.15) is 0 Å². The van der Waals surface area contributed by atoms with Crippen molar-refractivity contribution in [2.45, 2.75) is 33.1 Å². The molecule has 0 radical (unpaired) electrons. The van der Waals surface area contributed by atoms with E-state index in [1.165, 1.54) is 17.2 Å². The topological polar surface area (TPSA) is 26.0 Å². The molecule has 18 heavy (non-hydrogen) atoms. The van der Waals surface area contributed by atoms with Crippen LogP contribution in [0, 0.1) is 5.92 Å². The highest BCUT2D eigenvalue weighted by atomic mass is 14.5. The number of hydrogen-bond acceptors (Lipinski definition) is 1. The molecule has 0 aliphatic carbocycles. The first-order valence-electron chi connectivity index (χ1n) is 6.79. The molecule has 1 atom stereocenters. The van der Waals surface area contributed by atoms with Gasteiger partial charge in [-0.1, -0.05) is 49.9 Å². The zero-order valence-corrected chi connectivity index (χ0v) is 11.7. The largest absolute Gasteiger partial charge is 0.330 e. The predicted octanol–water partition coefficient (Wildman–Crippen LogP) is 2.37. The molecule has 0 aromatic heterocycles. The van der Waals surface area contributed by atoms with Crippen LogP contribution in [-0.2, 0) is 6.42 Å². The minimum atomic E-state index is 0.672. The third kappa shape index (κ3) is 4.50. The van der Waals surface area contributed by atoms with Gasteiger partial charge in [0, 0.05) is 0 Å². The fraction of sp³-hybridized carbons (Fsp3) is 0.412. The highest BCUT2D eigenvalue weighted by Crippen LogP contribution is 2.09. The molecule has 1 aromatic rings. The second kappa shape index (κ2) is 7.88. The zero-order chi connectivity index (χ0) is 13.4. The van der Waals surface area contributed by atoms with Crippen molar-refractivity contribution in [2.24, 2.45) is 11.7 Å². The Morgan fingerprint density at radius 2 is 2.17 bits per heavy atom. The fourth-order valence-corrected chi connectivity index (χ4v) is 2.15. The van der Waals surface area contributed by atoms with Crippen molar-refractivity contribution < 1.29 is 0 Å². The summed E-state index contributed by atoms with van der Waals surface area (Å²) >= 11 is 0. The molecular weight excluding hydrogens is 218 g/mol. The molecular formula is C17H25N. The van der Waals surface area contributed by atoms with Crippen LogP contribution in [0.3, 0.4) is 0 Å². The van der Waals surface area contributed by atoms with Crippen LogP contribution in [0.25, 0.3) is 12.7 Å². The minimum absolute atomic E-state index is 0.672. The summed E-state index contributed by atoms with van der Waals surface area (Å²) in [6.07, 6.45) is 9.62. The molecule has 1 rings (SSSR count). The van der Waals surface area contributed by atoms with Crippen molar-refractivity contribution in [2.75, 3.05) is 6.54 Å². The van der Waals surface area contributed by atoms with Gasteiger partial charge in [0.05, 0.1) is 0 Å². The van der Waals surface area contributed by atoms with Gasteiger partial charge >= 0.3 is 0 Å². The average Bonchev–Trinajstić information content (AvgIpc) is 2.37. The maximum Gasteiger partial charge on any atom is -0.00772 e. The number of benzene rings is 1. The van der Waals surface area contributed by atoms with E-state index in [2.05, 4.69) is 43.9 Å². The van der Waals surface area contributed by atoms with Crippen molar-refractivity contribution >= 4 is 12.7 Å². The summed E-state index contributed by atoms with van der Waals surface area (Å²) < 4.78 is 0. The minimum Gasteiger partial charge on any atom is -0.330 e. The quantitative estimate of drug-likeness (QED) is 0.815. The third-order valence-electron chi connectivity index (χ3n) is 3.25. The Hall–Kier alpha value is -1.34. The molecule has 1 nitrogen and oxygen atoms in total. The van der Waals surface area contributed by atoms with Gasteiger partial charge in [0.1, 0.15) is 0 Å². The van der Waals surface area contributed by atoms with Crippen LogP contribution in [0.1, 0.15) is 32.3 Å². The molecule has 0 aliphatic rings. The van der Waals surface area contributed by atoms with Crippen molar-refractivity contribution in [3.8, 4) is 0 Å². The first kappa shape index (κ1) is 14.7. The lowest BCUT2D eigenvalue weighted by Crippen LogP contribution is -2.27. The Kier molecular flexibility index (Phi) is 6.45. The highest BCUT2D eigenvalue weighted by molar-refractivity contribution is 5.39. The standard InChI is InChI=1S/C17H25N/c1-4-5-9-16-10-6-11-17(15(16)3)13-14(2)8-7-12-18/h4-6,9-11,14H,3,7-8,12-13,18H2,1-2H3/b5-4-,16-9-.